The van der Waals surface area contributed by atoms with Crippen molar-refractivity contribution in [3.05, 3.63) is 78.2 Å². The maximum atomic E-state index is 12.1. The Morgan fingerprint density at radius 2 is 1.85 bits per heavy atom. The van der Waals surface area contributed by atoms with Gasteiger partial charge in [0.05, 0.1) is 29.2 Å². The van der Waals surface area contributed by atoms with Gasteiger partial charge in [-0.3, -0.25) is 10.2 Å². The van der Waals surface area contributed by atoms with Crippen molar-refractivity contribution >= 4 is 38.8 Å². The van der Waals surface area contributed by atoms with E-state index in [0.29, 0.717) is 17.0 Å². The van der Waals surface area contributed by atoms with Gasteiger partial charge < -0.3 is 5.32 Å². The molecule has 2 aromatic heterocycles. The number of benzene rings is 2. The topological polar surface area (TPSA) is 131 Å². The third kappa shape index (κ3) is 5.57. The van der Waals surface area contributed by atoms with Gasteiger partial charge in [-0.05, 0) is 29.8 Å². The predicted molar refractivity (Wildman–Crippen MR) is 126 cm³/mol. The molecule has 2 N–H and O–H groups in total. The van der Waals surface area contributed by atoms with Crippen molar-refractivity contribution in [3.63, 3.8) is 0 Å². The fraction of sp³-hybridized carbons (Fsp3) is 0.136. The molecule has 4 rings (SSSR count). The minimum Gasteiger partial charge on any atom is -0.351 e. The summed E-state index contributed by atoms with van der Waals surface area (Å²) in [4.78, 5) is 20.7. The second-order valence-corrected chi connectivity index (χ2v) is 9.49. The van der Waals surface area contributed by atoms with Crippen molar-refractivity contribution in [2.24, 2.45) is 5.10 Å². The van der Waals surface area contributed by atoms with E-state index in [4.69, 9.17) is 0 Å². The number of hydrazone groups is 1. The van der Waals surface area contributed by atoms with Crippen molar-refractivity contribution < 1.29 is 13.2 Å². The highest BCUT2D eigenvalue weighted by atomic mass is 32.2. The molecule has 0 bridgehead atoms. The molecule has 0 aliphatic rings. The molecule has 0 atom stereocenters. The number of amides is 1. The molecular weight excluding hydrogens is 442 g/mol. The van der Waals surface area contributed by atoms with Crippen molar-refractivity contribution in [1.82, 2.24) is 25.1 Å². The molecule has 1 amide bonds. The van der Waals surface area contributed by atoms with E-state index in [9.17, 15) is 13.2 Å². The molecule has 168 valence electrons. The maximum absolute atomic E-state index is 12.1. The number of fused-ring (bicyclic) bond motifs is 1. The standard InChI is InChI=1S/C22H21N7O3S/c1-33(31,32)12-11-23-22(30)17-9-7-16(8-10-17)13-26-28-20-19-14-27-29(21(19)25-15-24-20)18-5-3-2-4-6-18/h2-10,13-15H,11-12H2,1H3,(H,23,30)(H,24,25,28). The van der Waals surface area contributed by atoms with Gasteiger partial charge in [-0.2, -0.15) is 10.2 Å². The lowest BCUT2D eigenvalue weighted by Crippen LogP contribution is -2.28. The molecule has 0 aliphatic heterocycles. The number of nitrogens with zero attached hydrogens (tertiary/aromatic N) is 5. The second-order valence-electron chi connectivity index (χ2n) is 7.23. The summed E-state index contributed by atoms with van der Waals surface area (Å²) in [6, 6.07) is 16.4. The van der Waals surface area contributed by atoms with E-state index in [1.807, 2.05) is 30.3 Å². The number of nitrogens with one attached hydrogen (secondary N) is 2. The minimum atomic E-state index is -3.12. The van der Waals surface area contributed by atoms with Gasteiger partial charge in [-0.15, -0.1) is 0 Å². The van der Waals surface area contributed by atoms with Crippen molar-refractivity contribution in [2.45, 2.75) is 0 Å². The van der Waals surface area contributed by atoms with Gasteiger partial charge in [0, 0.05) is 18.4 Å². The molecular formula is C22H21N7O3S. The minimum absolute atomic E-state index is 0.0685. The Balaban J connectivity index is 1.41. The Morgan fingerprint density at radius 1 is 1.09 bits per heavy atom. The molecule has 2 aromatic carbocycles. The lowest BCUT2D eigenvalue weighted by atomic mass is 10.1. The smallest absolute Gasteiger partial charge is 0.251 e. The van der Waals surface area contributed by atoms with E-state index >= 15 is 0 Å². The Bertz CT molecular complexity index is 1400. The first kappa shape index (κ1) is 22.1. The van der Waals surface area contributed by atoms with Crippen LogP contribution in [0.15, 0.2) is 72.2 Å². The van der Waals surface area contributed by atoms with Gasteiger partial charge >= 0.3 is 0 Å². The van der Waals surface area contributed by atoms with E-state index in [2.05, 4.69) is 30.9 Å². The van der Waals surface area contributed by atoms with Crippen LogP contribution in [0.25, 0.3) is 16.7 Å². The van der Waals surface area contributed by atoms with E-state index in [1.165, 1.54) is 6.33 Å². The number of anilines is 1. The van der Waals surface area contributed by atoms with Gasteiger partial charge in [0.2, 0.25) is 0 Å². The molecule has 33 heavy (non-hydrogen) atoms. The number of carbonyl (C=O) groups excluding carboxylic acids is 1. The number of hydrogen-bond acceptors (Lipinski definition) is 8. The zero-order valence-electron chi connectivity index (χ0n) is 17.7. The van der Waals surface area contributed by atoms with Crippen LogP contribution in [0.2, 0.25) is 0 Å². The summed E-state index contributed by atoms with van der Waals surface area (Å²) in [5, 5.41) is 11.9. The zero-order valence-corrected chi connectivity index (χ0v) is 18.5. The van der Waals surface area contributed by atoms with Crippen LogP contribution in [0.3, 0.4) is 0 Å². The third-order valence-corrected chi connectivity index (χ3v) is 5.63. The number of rotatable bonds is 8. The van der Waals surface area contributed by atoms with E-state index in [0.717, 1.165) is 22.9 Å². The summed E-state index contributed by atoms with van der Waals surface area (Å²) in [5.74, 6) is 0.0785. The highest BCUT2D eigenvalue weighted by Gasteiger charge is 2.10. The van der Waals surface area contributed by atoms with Crippen LogP contribution in [0.4, 0.5) is 5.82 Å². The first-order valence-electron chi connectivity index (χ1n) is 10.00. The molecule has 0 radical (unpaired) electrons. The lowest BCUT2D eigenvalue weighted by Gasteiger charge is -2.05. The maximum Gasteiger partial charge on any atom is 0.251 e. The lowest BCUT2D eigenvalue weighted by molar-refractivity contribution is 0.0956. The molecule has 0 unspecified atom stereocenters. The van der Waals surface area contributed by atoms with Gasteiger partial charge in [0.25, 0.3) is 5.91 Å². The Morgan fingerprint density at radius 3 is 2.58 bits per heavy atom. The number of carbonyl (C=O) groups is 1. The average Bonchev–Trinajstić information content (AvgIpc) is 3.24. The molecule has 4 aromatic rings. The SMILES string of the molecule is CS(=O)(=O)CCNC(=O)c1ccc(C=NNc2ncnc3c2cnn3-c2ccccc2)cc1. The predicted octanol–water partition coefficient (Wildman–Crippen LogP) is 2.04. The summed E-state index contributed by atoms with van der Waals surface area (Å²) in [6.07, 6.45) is 5.85. The summed E-state index contributed by atoms with van der Waals surface area (Å²) in [7, 11) is -3.12. The zero-order chi connectivity index (χ0) is 23.3. The molecule has 2 heterocycles. The summed E-state index contributed by atoms with van der Waals surface area (Å²) in [6.45, 7) is 0.0685. The molecule has 0 fully saturated rings. The number of para-hydroxylation sites is 1. The van der Waals surface area contributed by atoms with Gasteiger partial charge in [-0.25, -0.2) is 23.1 Å². The Hall–Kier alpha value is -4.12. The largest absolute Gasteiger partial charge is 0.351 e. The Kier molecular flexibility index (Phi) is 6.41. The van der Waals surface area contributed by atoms with Crippen LogP contribution in [0.5, 0.6) is 0 Å². The van der Waals surface area contributed by atoms with Crippen molar-refractivity contribution in [3.8, 4) is 5.69 Å². The fourth-order valence-corrected chi connectivity index (χ4v) is 3.50. The van der Waals surface area contributed by atoms with E-state index < -0.39 is 9.84 Å². The third-order valence-electron chi connectivity index (χ3n) is 4.68. The van der Waals surface area contributed by atoms with Crippen LogP contribution >= 0.6 is 0 Å². The summed E-state index contributed by atoms with van der Waals surface area (Å²) >= 11 is 0. The van der Waals surface area contributed by atoms with E-state index in [-0.39, 0.29) is 18.2 Å². The molecule has 0 aliphatic carbocycles. The second kappa shape index (κ2) is 9.57. The highest BCUT2D eigenvalue weighted by molar-refractivity contribution is 7.90. The van der Waals surface area contributed by atoms with Gasteiger partial charge in [0.1, 0.15) is 16.2 Å². The van der Waals surface area contributed by atoms with Crippen molar-refractivity contribution in [2.75, 3.05) is 24.0 Å². The summed E-state index contributed by atoms with van der Waals surface area (Å²) in [5.41, 5.74) is 5.65. The first-order chi connectivity index (χ1) is 15.9. The quantitative estimate of drug-likeness (QED) is 0.302. The Labute approximate surface area is 190 Å². The van der Waals surface area contributed by atoms with E-state index in [1.54, 1.807) is 41.4 Å². The molecule has 0 saturated carbocycles. The van der Waals surface area contributed by atoms with Crippen LogP contribution in [-0.2, 0) is 9.84 Å². The number of hydrogen-bond donors (Lipinski definition) is 2. The van der Waals surface area contributed by atoms with Crippen LogP contribution < -0.4 is 10.7 Å². The van der Waals surface area contributed by atoms with Crippen LogP contribution in [0.1, 0.15) is 15.9 Å². The molecule has 0 spiro atoms. The van der Waals surface area contributed by atoms with Crippen molar-refractivity contribution in [1.29, 1.82) is 0 Å². The average molecular weight is 464 g/mol. The molecule has 11 heteroatoms. The molecule has 10 nitrogen and oxygen atoms in total. The number of aromatic nitrogens is 4. The van der Waals surface area contributed by atoms with Gasteiger partial charge in [-0.1, -0.05) is 30.3 Å². The number of sulfone groups is 1. The van der Waals surface area contributed by atoms with Crippen LogP contribution in [0, 0.1) is 0 Å². The highest BCUT2D eigenvalue weighted by Crippen LogP contribution is 2.21. The van der Waals surface area contributed by atoms with Gasteiger partial charge in [0.15, 0.2) is 11.5 Å². The first-order valence-corrected chi connectivity index (χ1v) is 12.1. The normalized spacial score (nSPS) is 11.7. The summed E-state index contributed by atoms with van der Waals surface area (Å²) < 4.78 is 24.0. The van der Waals surface area contributed by atoms with Crippen LogP contribution in [-0.4, -0.2) is 58.8 Å². The monoisotopic (exact) mass is 463 g/mol. The fourth-order valence-electron chi connectivity index (χ4n) is 3.03. The molecule has 0 saturated heterocycles.